The van der Waals surface area contributed by atoms with Gasteiger partial charge in [-0.15, -0.1) is 0 Å². The summed E-state index contributed by atoms with van der Waals surface area (Å²) >= 11 is 0. The van der Waals surface area contributed by atoms with Crippen LogP contribution in [0.3, 0.4) is 0 Å². The maximum Gasteiger partial charge on any atom is 0.224 e. The number of nitrogens with one attached hydrogen (secondary N) is 1. The Bertz CT molecular complexity index is 417. The number of nitrogens with zero attached hydrogens (tertiary/aromatic N) is 1. The van der Waals surface area contributed by atoms with E-state index in [1.807, 2.05) is 39.2 Å². The molecule has 0 aliphatic rings. The van der Waals surface area contributed by atoms with E-state index in [2.05, 4.69) is 10.2 Å². The summed E-state index contributed by atoms with van der Waals surface area (Å²) in [6.07, 6.45) is 1.40. The van der Waals surface area contributed by atoms with Gasteiger partial charge in [0.1, 0.15) is 5.75 Å². The molecule has 1 aromatic carbocycles. The van der Waals surface area contributed by atoms with Crippen LogP contribution in [0.1, 0.15) is 17.5 Å². The molecule has 0 radical (unpaired) electrons. The van der Waals surface area contributed by atoms with Crippen molar-refractivity contribution >= 4 is 5.91 Å². The van der Waals surface area contributed by atoms with Crippen LogP contribution in [-0.2, 0) is 11.2 Å². The second-order valence-electron chi connectivity index (χ2n) is 4.99. The van der Waals surface area contributed by atoms with E-state index in [1.54, 1.807) is 7.11 Å². The van der Waals surface area contributed by atoms with E-state index < -0.39 is 0 Å². The lowest BCUT2D eigenvalue weighted by Crippen LogP contribution is -2.28. The predicted molar refractivity (Wildman–Crippen MR) is 77.6 cm³/mol. The van der Waals surface area contributed by atoms with Gasteiger partial charge >= 0.3 is 0 Å². The van der Waals surface area contributed by atoms with Crippen LogP contribution in [0, 0.1) is 6.92 Å². The Morgan fingerprint density at radius 2 is 2.11 bits per heavy atom. The molecule has 4 nitrogen and oxygen atoms in total. The monoisotopic (exact) mass is 264 g/mol. The normalized spacial score (nSPS) is 10.6. The Morgan fingerprint density at radius 3 is 2.68 bits per heavy atom. The highest BCUT2D eigenvalue weighted by atomic mass is 16.5. The van der Waals surface area contributed by atoms with E-state index in [4.69, 9.17) is 4.74 Å². The summed E-state index contributed by atoms with van der Waals surface area (Å²) in [5.41, 5.74) is 2.07. The molecule has 1 aromatic rings. The van der Waals surface area contributed by atoms with Gasteiger partial charge in [0.25, 0.3) is 0 Å². The van der Waals surface area contributed by atoms with Gasteiger partial charge in [-0.2, -0.15) is 0 Å². The summed E-state index contributed by atoms with van der Waals surface area (Å²) in [5.74, 6) is 0.929. The Labute approximate surface area is 115 Å². The summed E-state index contributed by atoms with van der Waals surface area (Å²) < 4.78 is 5.20. The molecule has 1 amide bonds. The molecule has 106 valence electrons. The van der Waals surface area contributed by atoms with Crippen molar-refractivity contribution in [1.29, 1.82) is 0 Å². The number of rotatable bonds is 7. The molecule has 19 heavy (non-hydrogen) atoms. The van der Waals surface area contributed by atoms with Crippen LogP contribution >= 0.6 is 0 Å². The van der Waals surface area contributed by atoms with Gasteiger partial charge in [-0.05, 0) is 51.2 Å². The average Bonchev–Trinajstić information content (AvgIpc) is 2.35. The molecule has 1 rings (SSSR count). The Morgan fingerprint density at radius 1 is 1.37 bits per heavy atom. The highest BCUT2D eigenvalue weighted by Crippen LogP contribution is 2.18. The second kappa shape index (κ2) is 7.79. The van der Waals surface area contributed by atoms with Gasteiger partial charge in [0.2, 0.25) is 5.91 Å². The first-order valence-corrected chi connectivity index (χ1v) is 6.58. The first kappa shape index (κ1) is 15.5. The van der Waals surface area contributed by atoms with Crippen molar-refractivity contribution in [3.05, 3.63) is 29.3 Å². The van der Waals surface area contributed by atoms with Crippen LogP contribution in [0.15, 0.2) is 18.2 Å². The molecule has 0 unspecified atom stereocenters. The third kappa shape index (κ3) is 5.75. The lowest BCUT2D eigenvalue weighted by atomic mass is 10.1. The van der Waals surface area contributed by atoms with Gasteiger partial charge in [-0.3, -0.25) is 4.79 Å². The first-order valence-electron chi connectivity index (χ1n) is 6.58. The molecule has 0 fully saturated rings. The number of hydrogen-bond acceptors (Lipinski definition) is 3. The zero-order valence-corrected chi connectivity index (χ0v) is 12.3. The van der Waals surface area contributed by atoms with E-state index in [0.29, 0.717) is 6.42 Å². The summed E-state index contributed by atoms with van der Waals surface area (Å²) in [6.45, 7) is 3.70. The topological polar surface area (TPSA) is 41.6 Å². The van der Waals surface area contributed by atoms with E-state index in [-0.39, 0.29) is 5.91 Å². The largest absolute Gasteiger partial charge is 0.496 e. The first-order chi connectivity index (χ1) is 9.02. The second-order valence-corrected chi connectivity index (χ2v) is 4.99. The third-order valence-corrected chi connectivity index (χ3v) is 2.93. The molecular formula is C15H24N2O2. The molecule has 0 atom stereocenters. The van der Waals surface area contributed by atoms with Crippen LogP contribution in [0.2, 0.25) is 0 Å². The van der Waals surface area contributed by atoms with Gasteiger partial charge in [0.15, 0.2) is 0 Å². The Kier molecular flexibility index (Phi) is 6.36. The van der Waals surface area contributed by atoms with Crippen molar-refractivity contribution in [1.82, 2.24) is 10.2 Å². The molecule has 0 saturated carbocycles. The molecule has 0 bridgehead atoms. The van der Waals surface area contributed by atoms with Crippen LogP contribution in [0.5, 0.6) is 5.75 Å². The Balaban J connectivity index is 2.38. The number of hydrogen-bond donors (Lipinski definition) is 1. The Hall–Kier alpha value is -1.55. The summed E-state index contributed by atoms with van der Waals surface area (Å²) in [6, 6.07) is 5.84. The van der Waals surface area contributed by atoms with Gasteiger partial charge < -0.3 is 15.0 Å². The minimum atomic E-state index is 0.0725. The number of methoxy groups -OCH3 is 1. The van der Waals surface area contributed by atoms with E-state index in [9.17, 15) is 4.79 Å². The van der Waals surface area contributed by atoms with Gasteiger partial charge in [-0.25, -0.2) is 0 Å². The SMILES string of the molecule is COc1ccc(CC(=O)NCCCN(C)C)cc1C. The molecule has 4 heteroatoms. The highest BCUT2D eigenvalue weighted by Gasteiger charge is 2.05. The van der Waals surface area contributed by atoms with Gasteiger partial charge in [0.05, 0.1) is 13.5 Å². The molecule has 0 heterocycles. The maximum atomic E-state index is 11.8. The van der Waals surface area contributed by atoms with Crippen molar-refractivity contribution in [2.45, 2.75) is 19.8 Å². The van der Waals surface area contributed by atoms with Crippen molar-refractivity contribution in [3.8, 4) is 5.75 Å². The van der Waals surface area contributed by atoms with E-state index in [0.717, 1.165) is 36.4 Å². The van der Waals surface area contributed by atoms with Crippen LogP contribution in [-0.4, -0.2) is 45.1 Å². The number of carbonyl (C=O) groups is 1. The smallest absolute Gasteiger partial charge is 0.224 e. The molecule has 0 aromatic heterocycles. The zero-order chi connectivity index (χ0) is 14.3. The molecule has 0 spiro atoms. The van der Waals surface area contributed by atoms with Crippen molar-refractivity contribution in [3.63, 3.8) is 0 Å². The number of carbonyl (C=O) groups excluding carboxylic acids is 1. The highest BCUT2D eigenvalue weighted by molar-refractivity contribution is 5.78. The summed E-state index contributed by atoms with van der Waals surface area (Å²) in [5, 5.41) is 2.94. The fourth-order valence-corrected chi connectivity index (χ4v) is 1.92. The van der Waals surface area contributed by atoms with Crippen LogP contribution in [0.25, 0.3) is 0 Å². The van der Waals surface area contributed by atoms with Gasteiger partial charge in [0, 0.05) is 6.54 Å². The van der Waals surface area contributed by atoms with Crippen LogP contribution in [0.4, 0.5) is 0 Å². The zero-order valence-electron chi connectivity index (χ0n) is 12.3. The van der Waals surface area contributed by atoms with Crippen molar-refractivity contribution in [2.24, 2.45) is 0 Å². The van der Waals surface area contributed by atoms with Crippen molar-refractivity contribution in [2.75, 3.05) is 34.3 Å². The predicted octanol–water partition coefficient (Wildman–Crippen LogP) is 1.61. The van der Waals surface area contributed by atoms with Gasteiger partial charge in [-0.1, -0.05) is 12.1 Å². The molecule has 0 aliphatic carbocycles. The molecular weight excluding hydrogens is 240 g/mol. The minimum absolute atomic E-state index is 0.0725. The lowest BCUT2D eigenvalue weighted by Gasteiger charge is -2.10. The maximum absolute atomic E-state index is 11.8. The molecule has 0 aliphatic heterocycles. The number of amides is 1. The number of aryl methyl sites for hydroxylation is 1. The fraction of sp³-hybridized carbons (Fsp3) is 0.533. The molecule has 1 N–H and O–H groups in total. The summed E-state index contributed by atoms with van der Waals surface area (Å²) in [7, 11) is 5.71. The quantitative estimate of drug-likeness (QED) is 0.761. The standard InChI is InChI=1S/C15H24N2O2/c1-12-10-13(6-7-14(12)19-4)11-15(18)16-8-5-9-17(2)3/h6-7,10H,5,8-9,11H2,1-4H3,(H,16,18). The van der Waals surface area contributed by atoms with Crippen LogP contribution < -0.4 is 10.1 Å². The number of ether oxygens (including phenoxy) is 1. The van der Waals surface area contributed by atoms with E-state index in [1.165, 1.54) is 0 Å². The fourth-order valence-electron chi connectivity index (χ4n) is 1.92. The summed E-state index contributed by atoms with van der Waals surface area (Å²) in [4.78, 5) is 13.9. The molecule has 0 saturated heterocycles. The third-order valence-electron chi connectivity index (χ3n) is 2.93. The van der Waals surface area contributed by atoms with Crippen molar-refractivity contribution < 1.29 is 9.53 Å². The number of benzene rings is 1. The minimum Gasteiger partial charge on any atom is -0.496 e. The lowest BCUT2D eigenvalue weighted by molar-refractivity contribution is -0.120. The average molecular weight is 264 g/mol. The van der Waals surface area contributed by atoms with E-state index >= 15 is 0 Å².